The van der Waals surface area contributed by atoms with E-state index in [1.807, 2.05) is 48.0 Å². The number of methoxy groups -OCH3 is 2. The molecule has 4 aromatic rings. The van der Waals surface area contributed by atoms with Gasteiger partial charge in [-0.05, 0) is 43.3 Å². The van der Waals surface area contributed by atoms with Crippen LogP contribution in [-0.4, -0.2) is 38.7 Å². The molecule has 158 valence electrons. The molecule has 4 rings (SSSR count). The first-order valence-electron chi connectivity index (χ1n) is 9.33. The Bertz CT molecular complexity index is 1190. The van der Waals surface area contributed by atoms with Crippen LogP contribution in [0.4, 0.5) is 23.3 Å². The zero-order chi connectivity index (χ0) is 21.8. The number of halogens is 1. The maximum Gasteiger partial charge on any atom is 0.322 e. The minimum atomic E-state index is 0.173. The number of hydrogen-bond acceptors (Lipinski definition) is 8. The lowest BCUT2D eigenvalue weighted by Crippen LogP contribution is -2.06. The highest BCUT2D eigenvalue weighted by atomic mass is 35.5. The van der Waals surface area contributed by atoms with Crippen molar-refractivity contribution in [1.82, 2.24) is 24.5 Å². The summed E-state index contributed by atoms with van der Waals surface area (Å²) in [4.78, 5) is 17.2. The average Bonchev–Trinajstić information content (AvgIpc) is 3.21. The van der Waals surface area contributed by atoms with Crippen LogP contribution in [0.5, 0.6) is 11.8 Å². The Morgan fingerprint density at radius 3 is 2.16 bits per heavy atom. The van der Waals surface area contributed by atoms with Gasteiger partial charge >= 0.3 is 6.01 Å². The zero-order valence-electron chi connectivity index (χ0n) is 17.1. The van der Waals surface area contributed by atoms with E-state index in [2.05, 4.69) is 30.6 Å². The molecule has 10 heteroatoms. The molecule has 0 spiro atoms. The van der Waals surface area contributed by atoms with E-state index < -0.39 is 0 Å². The van der Waals surface area contributed by atoms with E-state index in [-0.39, 0.29) is 6.01 Å². The molecule has 0 fully saturated rings. The van der Waals surface area contributed by atoms with Gasteiger partial charge in [0.15, 0.2) is 0 Å². The van der Waals surface area contributed by atoms with Crippen molar-refractivity contribution in [3.05, 3.63) is 65.7 Å². The first kappa shape index (κ1) is 20.4. The number of rotatable bonds is 7. The van der Waals surface area contributed by atoms with Gasteiger partial charge in [-0.2, -0.15) is 15.0 Å². The molecular weight excluding hydrogens is 418 g/mol. The number of aryl methyl sites for hydroxylation is 1. The third-order valence-corrected chi connectivity index (χ3v) is 4.58. The van der Waals surface area contributed by atoms with Gasteiger partial charge in [0.1, 0.15) is 5.75 Å². The van der Waals surface area contributed by atoms with Gasteiger partial charge in [0, 0.05) is 28.7 Å². The Labute approximate surface area is 184 Å². The number of nitrogens with zero attached hydrogens (tertiary/aromatic N) is 5. The van der Waals surface area contributed by atoms with Gasteiger partial charge in [-0.1, -0.05) is 11.6 Å². The molecule has 0 saturated carbocycles. The molecule has 0 aliphatic carbocycles. The Kier molecular flexibility index (Phi) is 5.85. The monoisotopic (exact) mass is 437 g/mol. The van der Waals surface area contributed by atoms with E-state index in [0.717, 1.165) is 22.8 Å². The molecule has 0 atom stereocenters. The largest absolute Gasteiger partial charge is 0.494 e. The lowest BCUT2D eigenvalue weighted by atomic mass is 10.2. The van der Waals surface area contributed by atoms with Crippen LogP contribution in [0, 0.1) is 6.92 Å². The molecule has 0 saturated heterocycles. The van der Waals surface area contributed by atoms with Crippen LogP contribution in [-0.2, 0) is 0 Å². The molecule has 2 aromatic heterocycles. The molecule has 0 unspecified atom stereocenters. The third kappa shape index (κ3) is 4.84. The van der Waals surface area contributed by atoms with E-state index in [1.54, 1.807) is 25.6 Å². The molecule has 0 aliphatic heterocycles. The van der Waals surface area contributed by atoms with Crippen LogP contribution >= 0.6 is 11.6 Å². The van der Waals surface area contributed by atoms with Crippen molar-refractivity contribution in [2.45, 2.75) is 6.92 Å². The molecule has 9 nitrogen and oxygen atoms in total. The van der Waals surface area contributed by atoms with Crippen LogP contribution < -0.4 is 20.1 Å². The third-order valence-electron chi connectivity index (χ3n) is 4.32. The summed E-state index contributed by atoms with van der Waals surface area (Å²) in [5.74, 6) is 1.31. The summed E-state index contributed by atoms with van der Waals surface area (Å²) < 4.78 is 12.7. The van der Waals surface area contributed by atoms with Crippen molar-refractivity contribution >= 4 is 34.9 Å². The van der Waals surface area contributed by atoms with Crippen molar-refractivity contribution in [2.75, 3.05) is 24.9 Å². The highest BCUT2D eigenvalue weighted by Gasteiger charge is 2.11. The second-order valence-corrected chi connectivity index (χ2v) is 6.97. The summed E-state index contributed by atoms with van der Waals surface area (Å²) in [5.41, 5.74) is 3.31. The molecule has 2 aromatic carbocycles. The highest BCUT2D eigenvalue weighted by molar-refractivity contribution is 6.30. The number of ether oxygens (including phenoxy) is 2. The Morgan fingerprint density at radius 2 is 1.55 bits per heavy atom. The van der Waals surface area contributed by atoms with Gasteiger partial charge in [0.25, 0.3) is 0 Å². The topological polar surface area (TPSA) is 99.0 Å². The number of benzene rings is 2. The van der Waals surface area contributed by atoms with Crippen molar-refractivity contribution in [3.63, 3.8) is 0 Å². The van der Waals surface area contributed by atoms with Crippen LogP contribution in [0.25, 0.3) is 5.69 Å². The van der Waals surface area contributed by atoms with Crippen LogP contribution in [0.1, 0.15) is 5.69 Å². The molecule has 2 N–H and O–H groups in total. The van der Waals surface area contributed by atoms with Gasteiger partial charge in [0.2, 0.25) is 11.9 Å². The summed E-state index contributed by atoms with van der Waals surface area (Å²) in [7, 11) is 3.11. The Morgan fingerprint density at radius 1 is 0.871 bits per heavy atom. The summed E-state index contributed by atoms with van der Waals surface area (Å²) >= 11 is 5.94. The van der Waals surface area contributed by atoms with Gasteiger partial charge in [-0.15, -0.1) is 0 Å². The van der Waals surface area contributed by atoms with E-state index >= 15 is 0 Å². The number of hydrogen-bond donors (Lipinski definition) is 2. The molecule has 0 radical (unpaired) electrons. The molecule has 2 heterocycles. The van der Waals surface area contributed by atoms with Crippen molar-refractivity contribution in [2.24, 2.45) is 0 Å². The van der Waals surface area contributed by atoms with Gasteiger partial charge in [0.05, 0.1) is 31.9 Å². The summed E-state index contributed by atoms with van der Waals surface area (Å²) in [6, 6.07) is 13.1. The van der Waals surface area contributed by atoms with E-state index in [1.165, 1.54) is 7.11 Å². The fraction of sp³-hybridized carbons (Fsp3) is 0.143. The zero-order valence-corrected chi connectivity index (χ0v) is 17.9. The SMILES string of the molecule is COc1nc(Nc2ccc(Cl)cc2)nc(Nc2ccc(-n3cnc(C)c3)c(OC)c2)n1. The fourth-order valence-electron chi connectivity index (χ4n) is 2.87. The molecule has 31 heavy (non-hydrogen) atoms. The van der Waals surface area contributed by atoms with Crippen molar-refractivity contribution in [1.29, 1.82) is 0 Å². The predicted molar refractivity (Wildman–Crippen MR) is 119 cm³/mol. The summed E-state index contributed by atoms with van der Waals surface area (Å²) in [6.07, 6.45) is 3.67. The summed E-state index contributed by atoms with van der Waals surface area (Å²) in [5, 5.41) is 6.92. The highest BCUT2D eigenvalue weighted by Crippen LogP contribution is 2.28. The second kappa shape index (κ2) is 8.88. The average molecular weight is 438 g/mol. The van der Waals surface area contributed by atoms with E-state index in [0.29, 0.717) is 22.7 Å². The van der Waals surface area contributed by atoms with Gasteiger partial charge in [-0.25, -0.2) is 4.98 Å². The normalized spacial score (nSPS) is 10.6. The fourth-order valence-corrected chi connectivity index (χ4v) is 3.00. The molecule has 0 amide bonds. The van der Waals surface area contributed by atoms with Crippen molar-refractivity contribution in [3.8, 4) is 17.4 Å². The minimum Gasteiger partial charge on any atom is -0.494 e. The molecule has 0 bridgehead atoms. The maximum atomic E-state index is 5.94. The summed E-state index contributed by atoms with van der Waals surface area (Å²) in [6.45, 7) is 1.93. The number of nitrogens with one attached hydrogen (secondary N) is 2. The van der Waals surface area contributed by atoms with E-state index in [9.17, 15) is 0 Å². The molecular formula is C21H20ClN7O2. The van der Waals surface area contributed by atoms with Gasteiger partial charge < -0.3 is 24.7 Å². The number of imidazole rings is 1. The predicted octanol–water partition coefficient (Wildman–Crippen LogP) is 4.52. The first-order valence-corrected chi connectivity index (χ1v) is 9.70. The number of anilines is 4. The van der Waals surface area contributed by atoms with Crippen LogP contribution in [0.15, 0.2) is 55.0 Å². The molecule has 0 aliphatic rings. The number of aromatic nitrogens is 5. The van der Waals surface area contributed by atoms with Crippen LogP contribution in [0.2, 0.25) is 5.02 Å². The van der Waals surface area contributed by atoms with Crippen molar-refractivity contribution < 1.29 is 9.47 Å². The standard InChI is InChI=1S/C21H20ClN7O2/c1-13-11-29(12-23-13)17-9-8-16(10-18(17)30-2)25-20-26-19(27-21(28-20)31-3)24-15-6-4-14(22)5-7-15/h4-12H,1-3H3,(H2,24,25,26,27,28). The minimum absolute atomic E-state index is 0.173. The second-order valence-electron chi connectivity index (χ2n) is 6.54. The quantitative estimate of drug-likeness (QED) is 0.435. The lowest BCUT2D eigenvalue weighted by molar-refractivity contribution is 0.380. The van der Waals surface area contributed by atoms with Gasteiger partial charge in [-0.3, -0.25) is 0 Å². The Hall–Kier alpha value is -3.85. The van der Waals surface area contributed by atoms with Crippen LogP contribution in [0.3, 0.4) is 0 Å². The smallest absolute Gasteiger partial charge is 0.322 e. The maximum absolute atomic E-state index is 5.94. The lowest BCUT2D eigenvalue weighted by Gasteiger charge is -2.13. The first-order chi connectivity index (χ1) is 15.0. The Balaban J connectivity index is 1.60. The van der Waals surface area contributed by atoms with E-state index in [4.69, 9.17) is 21.1 Å².